The van der Waals surface area contributed by atoms with E-state index in [1.54, 1.807) is 0 Å². The summed E-state index contributed by atoms with van der Waals surface area (Å²) in [6.45, 7) is 11.2. The molecule has 1 unspecified atom stereocenters. The first-order chi connectivity index (χ1) is 14.5. The molecule has 2 aliphatic rings. The average Bonchev–Trinajstić information content (AvgIpc) is 2.73. The topological polar surface area (TPSA) is 35.6 Å². The zero-order valence-electron chi connectivity index (χ0n) is 18.8. The number of carbonyl (C=O) groups excluding carboxylic acids is 1. The smallest absolute Gasteiger partial charge is 0.243 e. The van der Waals surface area contributed by atoms with Gasteiger partial charge in [-0.2, -0.15) is 0 Å². The second-order valence-electron chi connectivity index (χ2n) is 9.38. The van der Waals surface area contributed by atoms with Gasteiger partial charge in [-0.15, -0.1) is 0 Å². The Hall–Kier alpha value is -2.49. The van der Waals surface area contributed by atoms with Crippen molar-refractivity contribution < 1.29 is 4.79 Å². The molecule has 0 aromatic heterocycles. The number of amides is 1. The van der Waals surface area contributed by atoms with Crippen LogP contribution in [-0.2, 0) is 4.79 Å². The minimum Gasteiger partial charge on any atom is -0.365 e. The molecule has 1 saturated heterocycles. The SMILES string of the molecule is CC(C)c1cccc(C(C)C)c1NC(=O)CN1CC2CCCCN2c2ccccc21. The van der Waals surface area contributed by atoms with Gasteiger partial charge in [0.15, 0.2) is 0 Å². The first kappa shape index (κ1) is 20.8. The van der Waals surface area contributed by atoms with Crippen molar-refractivity contribution in [3.8, 4) is 0 Å². The van der Waals surface area contributed by atoms with Gasteiger partial charge in [0.05, 0.1) is 17.9 Å². The lowest BCUT2D eigenvalue weighted by molar-refractivity contribution is -0.115. The number of rotatable bonds is 5. The summed E-state index contributed by atoms with van der Waals surface area (Å²) in [6.07, 6.45) is 3.75. The summed E-state index contributed by atoms with van der Waals surface area (Å²) in [7, 11) is 0. The van der Waals surface area contributed by atoms with Crippen LogP contribution in [-0.4, -0.2) is 31.6 Å². The molecule has 2 aromatic carbocycles. The highest BCUT2D eigenvalue weighted by Gasteiger charge is 2.33. The van der Waals surface area contributed by atoms with Crippen molar-refractivity contribution in [2.75, 3.05) is 34.8 Å². The van der Waals surface area contributed by atoms with Crippen molar-refractivity contribution in [1.82, 2.24) is 0 Å². The fourth-order valence-electron chi connectivity index (χ4n) is 5.03. The van der Waals surface area contributed by atoms with E-state index in [2.05, 4.69) is 85.3 Å². The Morgan fingerprint density at radius 2 is 1.63 bits per heavy atom. The summed E-state index contributed by atoms with van der Waals surface area (Å²) in [5.41, 5.74) is 5.91. The first-order valence-electron chi connectivity index (χ1n) is 11.5. The van der Waals surface area contributed by atoms with Crippen LogP contribution in [0.1, 0.15) is 69.9 Å². The molecule has 0 aliphatic carbocycles. The van der Waals surface area contributed by atoms with Crippen molar-refractivity contribution in [2.24, 2.45) is 0 Å². The number of para-hydroxylation sites is 3. The van der Waals surface area contributed by atoms with Gasteiger partial charge in [0.25, 0.3) is 0 Å². The molecule has 0 spiro atoms. The molecule has 1 atom stereocenters. The maximum absolute atomic E-state index is 13.2. The standard InChI is InChI=1S/C26H35N3O/c1-18(2)21-11-9-12-22(19(3)4)26(21)27-25(30)17-28-16-20-10-7-8-15-29(20)24-14-6-5-13-23(24)28/h5-6,9,11-14,18-20H,7-8,10,15-17H2,1-4H3,(H,27,30). The monoisotopic (exact) mass is 405 g/mol. The van der Waals surface area contributed by atoms with Crippen molar-refractivity contribution in [3.05, 3.63) is 53.6 Å². The number of hydrogen-bond acceptors (Lipinski definition) is 3. The number of nitrogens with zero attached hydrogens (tertiary/aromatic N) is 2. The molecule has 1 fully saturated rings. The van der Waals surface area contributed by atoms with Gasteiger partial charge >= 0.3 is 0 Å². The minimum atomic E-state index is 0.0732. The predicted octanol–water partition coefficient (Wildman–Crippen LogP) is 5.75. The zero-order valence-corrected chi connectivity index (χ0v) is 18.8. The fourth-order valence-corrected chi connectivity index (χ4v) is 5.03. The predicted molar refractivity (Wildman–Crippen MR) is 127 cm³/mol. The molecule has 2 aliphatic heterocycles. The Labute approximate surface area is 181 Å². The molecule has 0 radical (unpaired) electrons. The highest BCUT2D eigenvalue weighted by atomic mass is 16.2. The number of anilines is 3. The van der Waals surface area contributed by atoms with Gasteiger partial charge in [0.1, 0.15) is 0 Å². The third kappa shape index (κ3) is 4.05. The lowest BCUT2D eigenvalue weighted by Crippen LogP contribution is -2.52. The van der Waals surface area contributed by atoms with Crippen LogP contribution in [0.25, 0.3) is 0 Å². The van der Waals surface area contributed by atoms with Crippen LogP contribution in [0.5, 0.6) is 0 Å². The van der Waals surface area contributed by atoms with Gasteiger partial charge in [-0.1, -0.05) is 58.0 Å². The second kappa shape index (κ2) is 8.71. The Bertz CT molecular complexity index is 879. The van der Waals surface area contributed by atoms with E-state index in [-0.39, 0.29) is 5.91 Å². The Balaban J connectivity index is 1.58. The number of piperidine rings is 1. The van der Waals surface area contributed by atoms with Crippen LogP contribution in [0, 0.1) is 0 Å². The summed E-state index contributed by atoms with van der Waals surface area (Å²) in [6, 6.07) is 15.5. The molecule has 2 aromatic rings. The Morgan fingerprint density at radius 3 is 2.30 bits per heavy atom. The lowest BCUT2D eigenvalue weighted by atomic mass is 9.92. The molecule has 4 nitrogen and oxygen atoms in total. The molecule has 1 N–H and O–H groups in total. The maximum Gasteiger partial charge on any atom is 0.243 e. The largest absolute Gasteiger partial charge is 0.365 e. The number of hydrogen-bond donors (Lipinski definition) is 1. The van der Waals surface area contributed by atoms with Gasteiger partial charge < -0.3 is 15.1 Å². The second-order valence-corrected chi connectivity index (χ2v) is 9.38. The third-order valence-electron chi connectivity index (χ3n) is 6.56. The molecule has 1 amide bonds. The molecule has 4 rings (SSSR count). The number of benzene rings is 2. The van der Waals surface area contributed by atoms with Crippen LogP contribution < -0.4 is 15.1 Å². The van der Waals surface area contributed by atoms with Crippen LogP contribution in [0.3, 0.4) is 0 Å². The highest BCUT2D eigenvalue weighted by Crippen LogP contribution is 2.38. The molecular weight excluding hydrogens is 370 g/mol. The van der Waals surface area contributed by atoms with Crippen molar-refractivity contribution in [3.63, 3.8) is 0 Å². The van der Waals surface area contributed by atoms with Crippen molar-refractivity contribution in [2.45, 2.75) is 64.8 Å². The minimum absolute atomic E-state index is 0.0732. The van der Waals surface area contributed by atoms with E-state index in [0.717, 1.165) is 18.8 Å². The highest BCUT2D eigenvalue weighted by molar-refractivity contribution is 5.96. The van der Waals surface area contributed by atoms with E-state index in [1.807, 2.05) is 0 Å². The maximum atomic E-state index is 13.2. The van der Waals surface area contributed by atoms with E-state index in [1.165, 1.54) is 41.8 Å². The number of fused-ring (bicyclic) bond motifs is 3. The summed E-state index contributed by atoms with van der Waals surface area (Å²) in [5.74, 6) is 0.806. The van der Waals surface area contributed by atoms with Crippen LogP contribution in [0.15, 0.2) is 42.5 Å². The van der Waals surface area contributed by atoms with Gasteiger partial charge in [0.2, 0.25) is 5.91 Å². The van der Waals surface area contributed by atoms with E-state index in [4.69, 9.17) is 0 Å². The van der Waals surface area contributed by atoms with E-state index in [0.29, 0.717) is 24.4 Å². The summed E-state index contributed by atoms with van der Waals surface area (Å²) >= 11 is 0. The van der Waals surface area contributed by atoms with Gasteiger partial charge in [0, 0.05) is 24.8 Å². The third-order valence-corrected chi connectivity index (χ3v) is 6.56. The van der Waals surface area contributed by atoms with Crippen LogP contribution in [0.2, 0.25) is 0 Å². The quantitative estimate of drug-likeness (QED) is 0.688. The summed E-state index contributed by atoms with van der Waals surface area (Å²) in [4.78, 5) is 18.1. The number of nitrogens with one attached hydrogen (secondary N) is 1. The zero-order chi connectivity index (χ0) is 21.3. The molecule has 2 heterocycles. The van der Waals surface area contributed by atoms with Gasteiger partial charge in [-0.3, -0.25) is 4.79 Å². The molecular formula is C26H35N3O. The molecule has 0 bridgehead atoms. The van der Waals surface area contributed by atoms with Crippen LogP contribution in [0.4, 0.5) is 17.1 Å². The lowest BCUT2D eigenvalue weighted by Gasteiger charge is -2.46. The molecule has 0 saturated carbocycles. The van der Waals surface area contributed by atoms with Crippen molar-refractivity contribution >= 4 is 23.0 Å². The van der Waals surface area contributed by atoms with Gasteiger partial charge in [-0.05, 0) is 54.4 Å². The Morgan fingerprint density at radius 1 is 0.967 bits per heavy atom. The fraction of sp³-hybridized carbons (Fsp3) is 0.500. The molecule has 4 heteroatoms. The van der Waals surface area contributed by atoms with Crippen molar-refractivity contribution in [1.29, 1.82) is 0 Å². The van der Waals surface area contributed by atoms with E-state index < -0.39 is 0 Å². The summed E-state index contributed by atoms with van der Waals surface area (Å²) < 4.78 is 0. The van der Waals surface area contributed by atoms with E-state index in [9.17, 15) is 4.79 Å². The molecule has 160 valence electrons. The normalized spacial score (nSPS) is 18.4. The average molecular weight is 406 g/mol. The number of carbonyl (C=O) groups is 1. The van der Waals surface area contributed by atoms with Crippen LogP contribution >= 0.6 is 0 Å². The summed E-state index contributed by atoms with van der Waals surface area (Å²) in [5, 5.41) is 3.30. The Kier molecular flexibility index (Phi) is 6.03. The van der Waals surface area contributed by atoms with Gasteiger partial charge in [-0.25, -0.2) is 0 Å². The molecule has 30 heavy (non-hydrogen) atoms. The van der Waals surface area contributed by atoms with E-state index >= 15 is 0 Å². The first-order valence-corrected chi connectivity index (χ1v) is 11.5.